The number of hydrogen-bond acceptors (Lipinski definition) is 7. The summed E-state index contributed by atoms with van der Waals surface area (Å²) in [4.78, 5) is 31.5. The van der Waals surface area contributed by atoms with Gasteiger partial charge in [-0.2, -0.15) is 0 Å². The zero-order valence-electron chi connectivity index (χ0n) is 12.9. The van der Waals surface area contributed by atoms with E-state index in [1.165, 1.54) is 18.4 Å². The molecule has 0 saturated carbocycles. The van der Waals surface area contributed by atoms with Crippen LogP contribution in [0.15, 0.2) is 29.8 Å². The largest absolute Gasteiger partial charge is 0.469 e. The van der Waals surface area contributed by atoms with Crippen molar-refractivity contribution < 1.29 is 14.3 Å². The second kappa shape index (κ2) is 8.35. The van der Waals surface area contributed by atoms with Crippen LogP contribution < -0.4 is 10.6 Å². The Kier molecular flexibility index (Phi) is 6.19. The smallest absolute Gasteiger partial charge is 0.311 e. The number of methoxy groups -OCH3 is 1. The zero-order valence-corrected chi connectivity index (χ0v) is 13.7. The van der Waals surface area contributed by atoms with Crippen LogP contribution in [0.1, 0.15) is 24.4 Å². The fraction of sp³-hybridized carbons (Fsp3) is 0.333. The summed E-state index contributed by atoms with van der Waals surface area (Å²) < 4.78 is 4.57. The molecule has 122 valence electrons. The summed E-state index contributed by atoms with van der Waals surface area (Å²) >= 11 is 1.27. The van der Waals surface area contributed by atoms with Gasteiger partial charge >= 0.3 is 5.97 Å². The topological polar surface area (TPSA) is 93.2 Å². The van der Waals surface area contributed by atoms with Crippen LogP contribution in [0.25, 0.3) is 0 Å². The Hall–Kier alpha value is -2.32. The number of hydrogen-bond donors (Lipinski definition) is 2. The van der Waals surface area contributed by atoms with E-state index >= 15 is 0 Å². The van der Waals surface area contributed by atoms with Gasteiger partial charge in [-0.25, -0.2) is 4.98 Å². The standard InChI is InChI=1S/C15H18N4O3S/c1-10(12-5-3-4-6-16-12)17-8-13(20)19-15-18-11(9-23-15)7-14(21)22-2/h3-6,9-10,17H,7-8H2,1-2H3,(H,18,19,20). The molecule has 0 spiro atoms. The van der Waals surface area contributed by atoms with Gasteiger partial charge in [-0.05, 0) is 19.1 Å². The lowest BCUT2D eigenvalue weighted by Crippen LogP contribution is -2.30. The molecule has 1 unspecified atom stereocenters. The first-order chi connectivity index (χ1) is 11.1. The van der Waals surface area contributed by atoms with Gasteiger partial charge in [0.1, 0.15) is 0 Å². The molecule has 1 amide bonds. The molecule has 0 saturated heterocycles. The van der Waals surface area contributed by atoms with E-state index in [0.29, 0.717) is 10.8 Å². The fourth-order valence-electron chi connectivity index (χ4n) is 1.81. The summed E-state index contributed by atoms with van der Waals surface area (Å²) in [5.74, 6) is -0.564. The van der Waals surface area contributed by atoms with Gasteiger partial charge in [-0.3, -0.25) is 14.6 Å². The highest BCUT2D eigenvalue weighted by Gasteiger charge is 2.11. The first-order valence-electron chi connectivity index (χ1n) is 7.04. The average Bonchev–Trinajstić information content (AvgIpc) is 3.00. The molecule has 0 aromatic carbocycles. The Morgan fingerprint density at radius 2 is 2.22 bits per heavy atom. The van der Waals surface area contributed by atoms with Crippen molar-refractivity contribution >= 4 is 28.3 Å². The second-order valence-corrected chi connectivity index (χ2v) is 5.66. The highest BCUT2D eigenvalue weighted by Crippen LogP contribution is 2.16. The lowest BCUT2D eigenvalue weighted by Gasteiger charge is -2.12. The molecule has 8 heteroatoms. The van der Waals surface area contributed by atoms with Gasteiger partial charge in [0.2, 0.25) is 5.91 Å². The van der Waals surface area contributed by atoms with E-state index in [-0.39, 0.29) is 30.9 Å². The summed E-state index contributed by atoms with van der Waals surface area (Å²) in [5, 5.41) is 7.97. The van der Waals surface area contributed by atoms with E-state index < -0.39 is 0 Å². The molecule has 0 bridgehead atoms. The SMILES string of the molecule is COC(=O)Cc1csc(NC(=O)CNC(C)c2ccccn2)n1. The van der Waals surface area contributed by atoms with E-state index in [9.17, 15) is 9.59 Å². The van der Waals surface area contributed by atoms with Crippen molar-refractivity contribution in [3.63, 3.8) is 0 Å². The predicted octanol–water partition coefficient (Wildman–Crippen LogP) is 1.54. The molecule has 7 nitrogen and oxygen atoms in total. The molecule has 0 fully saturated rings. The first-order valence-corrected chi connectivity index (χ1v) is 7.92. The number of thiazole rings is 1. The summed E-state index contributed by atoms with van der Waals surface area (Å²) in [6.07, 6.45) is 1.81. The molecule has 0 aliphatic rings. The zero-order chi connectivity index (χ0) is 16.7. The maximum atomic E-state index is 11.9. The number of nitrogens with one attached hydrogen (secondary N) is 2. The highest BCUT2D eigenvalue weighted by atomic mass is 32.1. The van der Waals surface area contributed by atoms with Crippen molar-refractivity contribution in [1.29, 1.82) is 0 Å². The second-order valence-electron chi connectivity index (χ2n) is 4.80. The number of amides is 1. The van der Waals surface area contributed by atoms with Crippen LogP contribution in [-0.4, -0.2) is 35.5 Å². The van der Waals surface area contributed by atoms with Crippen molar-refractivity contribution in [2.75, 3.05) is 19.0 Å². The number of esters is 1. The maximum absolute atomic E-state index is 11.9. The molecular weight excluding hydrogens is 316 g/mol. The Labute approximate surface area is 138 Å². The van der Waals surface area contributed by atoms with Gasteiger partial charge in [-0.1, -0.05) is 6.07 Å². The molecule has 2 heterocycles. The Balaban J connectivity index is 1.80. The lowest BCUT2D eigenvalue weighted by atomic mass is 10.2. The summed E-state index contributed by atoms with van der Waals surface area (Å²) in [6, 6.07) is 5.61. The number of anilines is 1. The van der Waals surface area contributed by atoms with Gasteiger partial charge < -0.3 is 15.4 Å². The molecule has 2 rings (SSSR count). The van der Waals surface area contributed by atoms with E-state index in [2.05, 4.69) is 25.3 Å². The molecule has 1 atom stereocenters. The lowest BCUT2D eigenvalue weighted by molar-refractivity contribution is -0.139. The Morgan fingerprint density at radius 3 is 2.91 bits per heavy atom. The van der Waals surface area contributed by atoms with Crippen LogP contribution in [0.2, 0.25) is 0 Å². The van der Waals surface area contributed by atoms with Crippen LogP contribution >= 0.6 is 11.3 Å². The molecule has 0 aliphatic heterocycles. The average molecular weight is 334 g/mol. The molecular formula is C15H18N4O3S. The maximum Gasteiger partial charge on any atom is 0.311 e. The van der Waals surface area contributed by atoms with Crippen molar-refractivity contribution in [3.8, 4) is 0 Å². The fourth-order valence-corrected chi connectivity index (χ4v) is 2.54. The minimum Gasteiger partial charge on any atom is -0.469 e. The van der Waals surface area contributed by atoms with Crippen LogP contribution in [0.4, 0.5) is 5.13 Å². The van der Waals surface area contributed by atoms with E-state index in [1.807, 2.05) is 25.1 Å². The third kappa shape index (κ3) is 5.42. The van der Waals surface area contributed by atoms with E-state index in [4.69, 9.17) is 0 Å². The summed E-state index contributed by atoms with van der Waals surface area (Å²) in [5.41, 5.74) is 1.45. The Morgan fingerprint density at radius 1 is 1.39 bits per heavy atom. The van der Waals surface area contributed by atoms with Gasteiger partial charge in [-0.15, -0.1) is 11.3 Å². The monoisotopic (exact) mass is 334 g/mol. The minimum atomic E-state index is -0.362. The van der Waals surface area contributed by atoms with Gasteiger partial charge in [0, 0.05) is 17.6 Å². The first kappa shape index (κ1) is 17.0. The molecule has 23 heavy (non-hydrogen) atoms. The number of carbonyl (C=O) groups is 2. The number of pyridine rings is 1. The van der Waals surface area contributed by atoms with E-state index in [1.54, 1.807) is 11.6 Å². The van der Waals surface area contributed by atoms with Crippen molar-refractivity contribution in [2.24, 2.45) is 0 Å². The van der Waals surface area contributed by atoms with Crippen LogP contribution in [0, 0.1) is 0 Å². The summed E-state index contributed by atoms with van der Waals surface area (Å²) in [6.45, 7) is 2.08. The Bertz CT molecular complexity index is 660. The minimum absolute atomic E-state index is 0.0341. The highest BCUT2D eigenvalue weighted by molar-refractivity contribution is 7.13. The number of carbonyl (C=O) groups excluding carboxylic acids is 2. The normalized spacial score (nSPS) is 11.7. The van der Waals surface area contributed by atoms with Crippen molar-refractivity contribution in [2.45, 2.75) is 19.4 Å². The number of nitrogens with zero attached hydrogens (tertiary/aromatic N) is 2. The number of aromatic nitrogens is 2. The molecule has 0 aliphatic carbocycles. The van der Waals surface area contributed by atoms with E-state index in [0.717, 1.165) is 5.69 Å². The van der Waals surface area contributed by atoms with Crippen molar-refractivity contribution in [3.05, 3.63) is 41.2 Å². The third-order valence-corrected chi connectivity index (χ3v) is 3.86. The molecule has 0 radical (unpaired) electrons. The van der Waals surface area contributed by atoms with Gasteiger partial charge in [0.05, 0.1) is 31.5 Å². The van der Waals surface area contributed by atoms with Crippen molar-refractivity contribution in [1.82, 2.24) is 15.3 Å². The third-order valence-electron chi connectivity index (χ3n) is 3.05. The van der Waals surface area contributed by atoms with Gasteiger partial charge in [0.15, 0.2) is 5.13 Å². The summed E-state index contributed by atoms with van der Waals surface area (Å²) in [7, 11) is 1.33. The van der Waals surface area contributed by atoms with Gasteiger partial charge in [0.25, 0.3) is 0 Å². The van der Waals surface area contributed by atoms with Crippen LogP contribution in [-0.2, 0) is 20.7 Å². The molecule has 2 aromatic rings. The predicted molar refractivity (Wildman–Crippen MR) is 87.1 cm³/mol. The molecule has 2 aromatic heterocycles. The van der Waals surface area contributed by atoms with Crippen LogP contribution in [0.5, 0.6) is 0 Å². The number of rotatable bonds is 7. The quantitative estimate of drug-likeness (QED) is 0.746. The molecule has 2 N–H and O–H groups in total. The number of ether oxygens (including phenoxy) is 1. The van der Waals surface area contributed by atoms with Crippen LogP contribution in [0.3, 0.4) is 0 Å².